The van der Waals surface area contributed by atoms with Crippen LogP contribution in [0.1, 0.15) is 23.6 Å². The van der Waals surface area contributed by atoms with Crippen LogP contribution in [-0.4, -0.2) is 11.4 Å². The first-order chi connectivity index (χ1) is 10.1. The fraction of sp³-hybridized carbons (Fsp3) is 0.235. The first kappa shape index (κ1) is 15.4. The second kappa shape index (κ2) is 7.12. The van der Waals surface area contributed by atoms with Gasteiger partial charge in [0.1, 0.15) is 0 Å². The summed E-state index contributed by atoms with van der Waals surface area (Å²) in [5.74, 6) is 0. The smallest absolute Gasteiger partial charge is 0.0992 e. The maximum absolute atomic E-state index is 8.87. The van der Waals surface area contributed by atoms with Crippen LogP contribution >= 0.6 is 11.6 Å². The van der Waals surface area contributed by atoms with E-state index in [2.05, 4.69) is 17.9 Å². The van der Waals surface area contributed by atoms with E-state index in [-0.39, 0.29) is 0 Å². The van der Waals surface area contributed by atoms with Crippen molar-refractivity contribution >= 4 is 17.3 Å². The summed E-state index contributed by atoms with van der Waals surface area (Å²) in [6.07, 6.45) is 0. The van der Waals surface area contributed by atoms with Gasteiger partial charge in [-0.1, -0.05) is 36.7 Å². The minimum absolute atomic E-state index is 0.588. The van der Waals surface area contributed by atoms with Crippen LogP contribution in [0, 0.1) is 11.3 Å². The Hall–Kier alpha value is -2.02. The van der Waals surface area contributed by atoms with Crippen molar-refractivity contribution in [2.24, 2.45) is 0 Å². The molecule has 2 rings (SSSR count). The van der Waals surface area contributed by atoms with E-state index < -0.39 is 0 Å². The maximum atomic E-state index is 8.87. The number of rotatable bonds is 5. The zero-order chi connectivity index (χ0) is 15.2. The molecule has 0 aliphatic rings. The van der Waals surface area contributed by atoms with Crippen LogP contribution in [0.25, 0.3) is 0 Å². The Morgan fingerprint density at radius 2 is 1.86 bits per heavy atom. The Morgan fingerprint density at radius 3 is 2.43 bits per heavy atom. The van der Waals surface area contributed by atoms with E-state index >= 15 is 0 Å². The lowest BCUT2D eigenvalue weighted by Crippen LogP contribution is -2.22. The fourth-order valence-corrected chi connectivity index (χ4v) is 2.39. The molecule has 0 bridgehead atoms. The Morgan fingerprint density at radius 1 is 1.14 bits per heavy atom. The molecule has 3 nitrogen and oxygen atoms in total. The van der Waals surface area contributed by atoms with Gasteiger partial charge in [0.05, 0.1) is 11.6 Å². The molecule has 2 aromatic carbocycles. The van der Waals surface area contributed by atoms with Gasteiger partial charge >= 0.3 is 0 Å². The van der Waals surface area contributed by atoms with E-state index in [4.69, 9.17) is 22.6 Å². The molecule has 0 atom stereocenters. The predicted octanol–water partition coefficient (Wildman–Crippen LogP) is 3.82. The van der Waals surface area contributed by atoms with Gasteiger partial charge < -0.3 is 5.73 Å². The van der Waals surface area contributed by atoms with Crippen molar-refractivity contribution in [3.05, 3.63) is 64.2 Å². The zero-order valence-electron chi connectivity index (χ0n) is 12.0. The molecule has 0 aliphatic heterocycles. The summed E-state index contributed by atoms with van der Waals surface area (Å²) in [5, 5.41) is 9.51. The Kier molecular flexibility index (Phi) is 5.21. The van der Waals surface area contributed by atoms with Crippen molar-refractivity contribution < 1.29 is 0 Å². The largest absolute Gasteiger partial charge is 0.399 e. The maximum Gasteiger partial charge on any atom is 0.0992 e. The number of anilines is 1. The summed E-state index contributed by atoms with van der Waals surface area (Å²) >= 11 is 6.24. The summed E-state index contributed by atoms with van der Waals surface area (Å²) in [4.78, 5) is 2.29. The number of hydrogen-bond acceptors (Lipinski definition) is 3. The molecule has 4 heteroatoms. The normalized spacial score (nSPS) is 10.6. The standard InChI is InChI=1S/C17H18ClN3/c1-2-21(11-13-4-7-16(20)8-5-13)12-15-6-3-14(10-19)9-17(15)18/h3-9H,2,11-12,20H2,1H3. The van der Waals surface area contributed by atoms with Gasteiger partial charge in [-0.2, -0.15) is 5.26 Å². The van der Waals surface area contributed by atoms with Crippen molar-refractivity contribution in [3.8, 4) is 6.07 Å². The predicted molar refractivity (Wildman–Crippen MR) is 86.8 cm³/mol. The van der Waals surface area contributed by atoms with E-state index in [0.29, 0.717) is 10.6 Å². The minimum atomic E-state index is 0.588. The van der Waals surface area contributed by atoms with Crippen molar-refractivity contribution in [1.29, 1.82) is 5.26 Å². The van der Waals surface area contributed by atoms with Crippen LogP contribution in [0.15, 0.2) is 42.5 Å². The minimum Gasteiger partial charge on any atom is -0.399 e. The van der Waals surface area contributed by atoms with Crippen LogP contribution in [0.3, 0.4) is 0 Å². The lowest BCUT2D eigenvalue weighted by atomic mass is 10.1. The number of halogens is 1. The molecule has 2 N–H and O–H groups in total. The van der Waals surface area contributed by atoms with E-state index in [1.807, 2.05) is 30.3 Å². The topological polar surface area (TPSA) is 53.0 Å². The van der Waals surface area contributed by atoms with E-state index in [9.17, 15) is 0 Å². The lowest BCUT2D eigenvalue weighted by molar-refractivity contribution is 0.271. The van der Waals surface area contributed by atoms with E-state index in [0.717, 1.165) is 30.9 Å². The summed E-state index contributed by atoms with van der Waals surface area (Å²) in [6, 6.07) is 15.4. The Balaban J connectivity index is 2.08. The molecule has 0 unspecified atom stereocenters. The van der Waals surface area contributed by atoms with Gasteiger partial charge in [-0.05, 0) is 41.9 Å². The second-order valence-electron chi connectivity index (χ2n) is 4.96. The quantitative estimate of drug-likeness (QED) is 0.854. The number of nitriles is 1. The zero-order valence-corrected chi connectivity index (χ0v) is 12.8. The molecular formula is C17H18ClN3. The highest BCUT2D eigenvalue weighted by molar-refractivity contribution is 6.31. The molecule has 0 spiro atoms. The summed E-state index contributed by atoms with van der Waals surface area (Å²) in [5.41, 5.74) is 9.32. The van der Waals surface area contributed by atoms with Crippen LogP contribution in [0.5, 0.6) is 0 Å². The van der Waals surface area contributed by atoms with E-state index in [1.165, 1.54) is 5.56 Å². The molecule has 2 aromatic rings. The molecule has 0 aromatic heterocycles. The van der Waals surface area contributed by atoms with Gasteiger partial charge in [-0.15, -0.1) is 0 Å². The number of nitrogens with zero attached hydrogens (tertiary/aromatic N) is 2. The Bertz CT molecular complexity index is 644. The second-order valence-corrected chi connectivity index (χ2v) is 5.37. The summed E-state index contributed by atoms with van der Waals surface area (Å²) in [7, 11) is 0. The van der Waals surface area contributed by atoms with Gasteiger partial charge in [0.15, 0.2) is 0 Å². The number of nitrogens with two attached hydrogens (primary N) is 1. The van der Waals surface area contributed by atoms with Crippen LogP contribution < -0.4 is 5.73 Å². The van der Waals surface area contributed by atoms with Crippen molar-refractivity contribution in [2.45, 2.75) is 20.0 Å². The molecule has 0 fully saturated rings. The van der Waals surface area contributed by atoms with E-state index in [1.54, 1.807) is 12.1 Å². The average Bonchev–Trinajstić information content (AvgIpc) is 2.50. The molecule has 0 heterocycles. The van der Waals surface area contributed by atoms with Crippen molar-refractivity contribution in [1.82, 2.24) is 4.90 Å². The van der Waals surface area contributed by atoms with Crippen LogP contribution in [0.2, 0.25) is 5.02 Å². The van der Waals surface area contributed by atoms with Crippen molar-refractivity contribution in [2.75, 3.05) is 12.3 Å². The van der Waals surface area contributed by atoms with Gasteiger partial charge in [-0.25, -0.2) is 0 Å². The molecule has 0 aliphatic carbocycles. The van der Waals surface area contributed by atoms with Gasteiger partial charge in [0, 0.05) is 23.8 Å². The third kappa shape index (κ3) is 4.22. The highest BCUT2D eigenvalue weighted by Gasteiger charge is 2.08. The summed E-state index contributed by atoms with van der Waals surface area (Å²) < 4.78 is 0. The molecular weight excluding hydrogens is 282 g/mol. The fourth-order valence-electron chi connectivity index (χ4n) is 2.15. The first-order valence-corrected chi connectivity index (χ1v) is 7.25. The van der Waals surface area contributed by atoms with Gasteiger partial charge in [0.25, 0.3) is 0 Å². The molecule has 0 saturated carbocycles. The number of benzene rings is 2. The van der Waals surface area contributed by atoms with Gasteiger partial charge in [0.2, 0.25) is 0 Å². The molecule has 21 heavy (non-hydrogen) atoms. The average molecular weight is 300 g/mol. The monoisotopic (exact) mass is 299 g/mol. The molecule has 0 amide bonds. The highest BCUT2D eigenvalue weighted by Crippen LogP contribution is 2.20. The molecule has 108 valence electrons. The number of nitrogen functional groups attached to an aromatic ring is 1. The van der Waals surface area contributed by atoms with Crippen molar-refractivity contribution in [3.63, 3.8) is 0 Å². The summed E-state index contributed by atoms with van der Waals surface area (Å²) in [6.45, 7) is 4.63. The Labute approximate surface area is 130 Å². The SMILES string of the molecule is CCN(Cc1ccc(N)cc1)Cc1ccc(C#N)cc1Cl. The number of hydrogen-bond donors (Lipinski definition) is 1. The molecule has 0 saturated heterocycles. The third-order valence-electron chi connectivity index (χ3n) is 3.41. The van der Waals surface area contributed by atoms with Crippen LogP contribution in [0.4, 0.5) is 5.69 Å². The lowest BCUT2D eigenvalue weighted by Gasteiger charge is -2.21. The third-order valence-corrected chi connectivity index (χ3v) is 3.76. The first-order valence-electron chi connectivity index (χ1n) is 6.87. The van der Waals surface area contributed by atoms with Gasteiger partial charge in [-0.3, -0.25) is 4.90 Å². The highest BCUT2D eigenvalue weighted by atomic mass is 35.5. The molecule has 0 radical (unpaired) electrons. The van der Waals surface area contributed by atoms with Crippen LogP contribution in [-0.2, 0) is 13.1 Å².